The van der Waals surface area contributed by atoms with E-state index in [0.29, 0.717) is 5.56 Å². The van der Waals surface area contributed by atoms with E-state index in [1.54, 1.807) is 11.8 Å². The predicted molar refractivity (Wildman–Crippen MR) is 101 cm³/mol. The first-order chi connectivity index (χ1) is 11.7. The van der Waals surface area contributed by atoms with Gasteiger partial charge >= 0.3 is 0 Å². The zero-order chi connectivity index (χ0) is 16.5. The highest BCUT2D eigenvalue weighted by Crippen LogP contribution is 2.30. The molecule has 1 aliphatic carbocycles. The van der Waals surface area contributed by atoms with Gasteiger partial charge in [-0.15, -0.1) is 11.8 Å². The number of carbonyl (C=O) groups is 1. The van der Waals surface area contributed by atoms with Crippen LogP contribution in [0.5, 0.6) is 0 Å². The Morgan fingerprint density at radius 2 is 2.00 bits per heavy atom. The van der Waals surface area contributed by atoms with E-state index in [1.807, 2.05) is 48.7 Å². The topological polar surface area (TPSA) is 44.9 Å². The van der Waals surface area contributed by atoms with E-state index in [0.717, 1.165) is 28.9 Å². The molecule has 2 N–H and O–H groups in total. The van der Waals surface area contributed by atoms with Crippen LogP contribution in [0.15, 0.2) is 47.4 Å². The third-order valence-corrected chi connectivity index (χ3v) is 5.41. The summed E-state index contributed by atoms with van der Waals surface area (Å²) in [6, 6.07) is 13.9. The van der Waals surface area contributed by atoms with E-state index >= 15 is 0 Å². The van der Waals surface area contributed by atoms with Crippen molar-refractivity contribution >= 4 is 34.3 Å². The van der Waals surface area contributed by atoms with E-state index in [9.17, 15) is 4.79 Å². The van der Waals surface area contributed by atoms with Gasteiger partial charge in [0.25, 0.3) is 5.91 Å². The lowest BCUT2D eigenvalue weighted by Gasteiger charge is -2.10. The van der Waals surface area contributed by atoms with Gasteiger partial charge in [-0.3, -0.25) is 4.79 Å². The first-order valence-electron chi connectivity index (χ1n) is 8.33. The Bertz CT molecular complexity index is 913. The average molecular weight is 336 g/mol. The van der Waals surface area contributed by atoms with Crippen molar-refractivity contribution in [1.82, 2.24) is 4.98 Å². The quantitative estimate of drug-likeness (QED) is 0.660. The van der Waals surface area contributed by atoms with E-state index < -0.39 is 0 Å². The standard InChI is InChI=1S/C20H20N2OS/c1-24-15-6-4-5-14(12-15)21-20(23)13-9-10-19-17(11-13)16-7-2-3-8-18(16)22-19/h4-6,9-12,22H,2-3,7-8H2,1H3,(H,21,23). The number of anilines is 1. The van der Waals surface area contributed by atoms with Crippen LogP contribution in [0.1, 0.15) is 34.5 Å². The number of aromatic amines is 1. The largest absolute Gasteiger partial charge is 0.358 e. The van der Waals surface area contributed by atoms with Crippen molar-refractivity contribution < 1.29 is 4.79 Å². The molecule has 4 heteroatoms. The number of thioether (sulfide) groups is 1. The van der Waals surface area contributed by atoms with Crippen LogP contribution in [0.4, 0.5) is 5.69 Å². The van der Waals surface area contributed by atoms with Gasteiger partial charge in [0, 0.05) is 32.7 Å². The van der Waals surface area contributed by atoms with Gasteiger partial charge in [0.15, 0.2) is 0 Å². The summed E-state index contributed by atoms with van der Waals surface area (Å²) < 4.78 is 0. The molecular weight excluding hydrogens is 316 g/mol. The van der Waals surface area contributed by atoms with E-state index in [1.165, 1.54) is 29.5 Å². The molecule has 122 valence electrons. The minimum Gasteiger partial charge on any atom is -0.358 e. The summed E-state index contributed by atoms with van der Waals surface area (Å²) >= 11 is 1.67. The van der Waals surface area contributed by atoms with Gasteiger partial charge in [0.2, 0.25) is 0 Å². The summed E-state index contributed by atoms with van der Waals surface area (Å²) in [4.78, 5) is 17.3. The highest BCUT2D eigenvalue weighted by atomic mass is 32.2. The third kappa shape index (κ3) is 2.82. The number of nitrogens with one attached hydrogen (secondary N) is 2. The maximum Gasteiger partial charge on any atom is 0.255 e. The van der Waals surface area contributed by atoms with Gasteiger partial charge in [0.1, 0.15) is 0 Å². The molecule has 1 heterocycles. The molecule has 0 radical (unpaired) electrons. The first kappa shape index (κ1) is 15.3. The molecule has 1 amide bonds. The number of fused-ring (bicyclic) bond motifs is 3. The summed E-state index contributed by atoms with van der Waals surface area (Å²) in [5.74, 6) is -0.0547. The Morgan fingerprint density at radius 3 is 2.88 bits per heavy atom. The summed E-state index contributed by atoms with van der Waals surface area (Å²) in [7, 11) is 0. The number of H-pyrrole nitrogens is 1. The lowest BCUT2D eigenvalue weighted by molar-refractivity contribution is 0.102. The Labute approximate surface area is 145 Å². The van der Waals surface area contributed by atoms with Crippen LogP contribution in [0.25, 0.3) is 10.9 Å². The van der Waals surface area contributed by atoms with Crippen molar-refractivity contribution in [2.45, 2.75) is 30.6 Å². The Kier molecular flexibility index (Phi) is 4.07. The fourth-order valence-corrected chi connectivity index (χ4v) is 3.91. The third-order valence-electron chi connectivity index (χ3n) is 4.69. The zero-order valence-corrected chi connectivity index (χ0v) is 14.5. The Morgan fingerprint density at radius 1 is 1.12 bits per heavy atom. The monoisotopic (exact) mass is 336 g/mol. The molecule has 0 fully saturated rings. The molecule has 4 rings (SSSR count). The number of aromatic nitrogens is 1. The highest BCUT2D eigenvalue weighted by molar-refractivity contribution is 7.98. The van der Waals surface area contributed by atoms with Crippen molar-refractivity contribution in [2.75, 3.05) is 11.6 Å². The van der Waals surface area contributed by atoms with Crippen molar-refractivity contribution in [1.29, 1.82) is 0 Å². The number of hydrogen-bond donors (Lipinski definition) is 2. The smallest absolute Gasteiger partial charge is 0.255 e. The molecule has 0 saturated heterocycles. The van der Waals surface area contributed by atoms with Crippen LogP contribution in [0, 0.1) is 0 Å². The van der Waals surface area contributed by atoms with Crippen LogP contribution < -0.4 is 5.32 Å². The van der Waals surface area contributed by atoms with Crippen molar-refractivity contribution in [2.24, 2.45) is 0 Å². The van der Waals surface area contributed by atoms with E-state index in [2.05, 4.69) is 10.3 Å². The van der Waals surface area contributed by atoms with Crippen LogP contribution >= 0.6 is 11.8 Å². The molecule has 1 aromatic heterocycles. The molecule has 0 aliphatic heterocycles. The lowest BCUT2D eigenvalue weighted by Crippen LogP contribution is -2.11. The van der Waals surface area contributed by atoms with Gasteiger partial charge in [-0.2, -0.15) is 0 Å². The van der Waals surface area contributed by atoms with Crippen LogP contribution in [0.3, 0.4) is 0 Å². The van der Waals surface area contributed by atoms with Gasteiger partial charge in [-0.05, 0) is 73.9 Å². The SMILES string of the molecule is CSc1cccc(NC(=O)c2ccc3[nH]c4c(c3c2)CCCC4)c1. The molecule has 1 aliphatic rings. The van der Waals surface area contributed by atoms with Crippen LogP contribution in [0.2, 0.25) is 0 Å². The number of rotatable bonds is 3. The second kappa shape index (κ2) is 6.36. The molecule has 24 heavy (non-hydrogen) atoms. The van der Waals surface area contributed by atoms with Crippen molar-refractivity contribution in [3.8, 4) is 0 Å². The summed E-state index contributed by atoms with van der Waals surface area (Å²) in [6.07, 6.45) is 6.74. The average Bonchev–Trinajstić information content (AvgIpc) is 2.99. The summed E-state index contributed by atoms with van der Waals surface area (Å²) in [6.45, 7) is 0. The number of amides is 1. The minimum atomic E-state index is -0.0547. The molecular formula is C20H20N2OS. The molecule has 0 unspecified atom stereocenters. The predicted octanol–water partition coefficient (Wildman–Crippen LogP) is 5.02. The summed E-state index contributed by atoms with van der Waals surface area (Å²) in [5, 5.41) is 4.21. The van der Waals surface area contributed by atoms with E-state index in [4.69, 9.17) is 0 Å². The molecule has 3 nitrogen and oxygen atoms in total. The Balaban J connectivity index is 1.64. The first-order valence-corrected chi connectivity index (χ1v) is 9.56. The number of benzene rings is 2. The molecule has 0 saturated carbocycles. The molecule has 0 atom stereocenters. The van der Waals surface area contributed by atoms with Gasteiger partial charge in [-0.25, -0.2) is 0 Å². The fraction of sp³-hybridized carbons (Fsp3) is 0.250. The van der Waals surface area contributed by atoms with Gasteiger partial charge in [-0.1, -0.05) is 6.07 Å². The minimum absolute atomic E-state index is 0.0547. The lowest BCUT2D eigenvalue weighted by atomic mass is 9.95. The second-order valence-electron chi connectivity index (χ2n) is 6.24. The molecule has 2 aromatic carbocycles. The van der Waals surface area contributed by atoms with Crippen molar-refractivity contribution in [3.63, 3.8) is 0 Å². The number of carbonyl (C=O) groups excluding carboxylic acids is 1. The zero-order valence-electron chi connectivity index (χ0n) is 13.7. The van der Waals surface area contributed by atoms with Crippen molar-refractivity contribution in [3.05, 3.63) is 59.3 Å². The van der Waals surface area contributed by atoms with Crippen LogP contribution in [-0.4, -0.2) is 17.1 Å². The van der Waals surface area contributed by atoms with E-state index in [-0.39, 0.29) is 5.91 Å². The second-order valence-corrected chi connectivity index (χ2v) is 7.12. The number of aryl methyl sites for hydroxylation is 2. The number of hydrogen-bond acceptors (Lipinski definition) is 2. The fourth-order valence-electron chi connectivity index (χ4n) is 3.45. The Hall–Kier alpha value is -2.20. The maximum atomic E-state index is 12.6. The van der Waals surface area contributed by atoms with Gasteiger partial charge in [0.05, 0.1) is 0 Å². The summed E-state index contributed by atoms with van der Waals surface area (Å²) in [5.41, 5.74) is 5.44. The van der Waals surface area contributed by atoms with Gasteiger partial charge < -0.3 is 10.3 Å². The molecule has 3 aromatic rings. The maximum absolute atomic E-state index is 12.6. The van der Waals surface area contributed by atoms with Crippen LogP contribution in [-0.2, 0) is 12.8 Å². The molecule has 0 bridgehead atoms. The molecule has 0 spiro atoms. The highest BCUT2D eigenvalue weighted by Gasteiger charge is 2.16. The normalized spacial score (nSPS) is 13.7.